The highest BCUT2D eigenvalue weighted by atomic mass is 32.1. The summed E-state index contributed by atoms with van der Waals surface area (Å²) >= 11 is 1.82. The van der Waals surface area contributed by atoms with Crippen molar-refractivity contribution in [2.75, 3.05) is 6.54 Å². The molecule has 1 aromatic rings. The van der Waals surface area contributed by atoms with Crippen molar-refractivity contribution in [1.82, 2.24) is 10.2 Å². The van der Waals surface area contributed by atoms with Crippen LogP contribution in [0.25, 0.3) is 0 Å². The highest BCUT2D eigenvalue weighted by Crippen LogP contribution is 2.24. The van der Waals surface area contributed by atoms with Crippen LogP contribution < -0.4 is 5.32 Å². The van der Waals surface area contributed by atoms with Crippen LogP contribution >= 0.6 is 11.3 Å². The summed E-state index contributed by atoms with van der Waals surface area (Å²) in [5, 5.41) is 5.41. The van der Waals surface area contributed by atoms with E-state index in [1.165, 1.54) is 42.5 Å². The Balaban J connectivity index is 1.54. The lowest BCUT2D eigenvalue weighted by Gasteiger charge is -2.30. The van der Waals surface area contributed by atoms with Crippen molar-refractivity contribution in [2.24, 2.45) is 0 Å². The van der Waals surface area contributed by atoms with E-state index in [0.29, 0.717) is 6.04 Å². The van der Waals surface area contributed by atoms with Gasteiger partial charge in [0.25, 0.3) is 0 Å². The van der Waals surface area contributed by atoms with E-state index in [1.807, 2.05) is 16.2 Å². The Morgan fingerprint density at radius 3 is 2.75 bits per heavy atom. The molecule has 1 aliphatic carbocycles. The van der Waals surface area contributed by atoms with Gasteiger partial charge in [-0.3, -0.25) is 0 Å². The second-order valence-corrected chi connectivity index (χ2v) is 7.03. The van der Waals surface area contributed by atoms with Crippen LogP contribution in [0.5, 0.6) is 0 Å². The smallest absolute Gasteiger partial charge is 0.317 e. The van der Waals surface area contributed by atoms with Gasteiger partial charge in [-0.25, -0.2) is 4.79 Å². The average Bonchev–Trinajstić information content (AvgIpc) is 2.88. The van der Waals surface area contributed by atoms with Crippen LogP contribution in [0.2, 0.25) is 0 Å². The fourth-order valence-electron chi connectivity index (χ4n) is 3.29. The maximum absolute atomic E-state index is 12.4. The van der Waals surface area contributed by atoms with Crippen molar-refractivity contribution in [3.8, 4) is 0 Å². The quantitative estimate of drug-likeness (QED) is 0.835. The molecule has 4 heteroatoms. The molecular weight excluding hydrogens is 268 g/mol. The zero-order valence-electron chi connectivity index (χ0n) is 12.1. The largest absolute Gasteiger partial charge is 0.335 e. The number of carbonyl (C=O) groups is 1. The Morgan fingerprint density at radius 1 is 1.20 bits per heavy atom. The standard InChI is InChI=1S/C16H24N2OS/c19-16(17-14-6-4-2-1-3-5-7-14)18-10-8-15-13(12-18)9-11-20-15/h9,11,14H,1-8,10,12H2,(H,17,19). The summed E-state index contributed by atoms with van der Waals surface area (Å²) in [6.07, 6.45) is 9.88. The van der Waals surface area contributed by atoms with Gasteiger partial charge in [-0.2, -0.15) is 0 Å². The lowest BCUT2D eigenvalue weighted by Crippen LogP contribution is -2.46. The van der Waals surface area contributed by atoms with Gasteiger partial charge in [0.15, 0.2) is 0 Å². The Labute approximate surface area is 125 Å². The third kappa shape index (κ3) is 3.35. The summed E-state index contributed by atoms with van der Waals surface area (Å²) < 4.78 is 0. The lowest BCUT2D eigenvalue weighted by atomic mass is 9.97. The number of rotatable bonds is 1. The van der Waals surface area contributed by atoms with Crippen molar-refractivity contribution in [3.63, 3.8) is 0 Å². The van der Waals surface area contributed by atoms with E-state index in [1.54, 1.807) is 0 Å². The van der Waals surface area contributed by atoms with Crippen molar-refractivity contribution in [2.45, 2.75) is 64.0 Å². The predicted octanol–water partition coefficient (Wildman–Crippen LogP) is 3.93. The van der Waals surface area contributed by atoms with E-state index in [2.05, 4.69) is 16.8 Å². The molecule has 2 aliphatic rings. The molecule has 0 unspecified atom stereocenters. The number of urea groups is 1. The average molecular weight is 292 g/mol. The highest BCUT2D eigenvalue weighted by molar-refractivity contribution is 7.10. The monoisotopic (exact) mass is 292 g/mol. The van der Waals surface area contributed by atoms with Crippen LogP contribution in [0.3, 0.4) is 0 Å². The Morgan fingerprint density at radius 2 is 1.95 bits per heavy atom. The van der Waals surface area contributed by atoms with Gasteiger partial charge in [0.05, 0.1) is 0 Å². The molecule has 0 saturated heterocycles. The molecular formula is C16H24N2OS. The van der Waals surface area contributed by atoms with Crippen LogP contribution in [-0.4, -0.2) is 23.5 Å². The van der Waals surface area contributed by atoms with Crippen LogP contribution in [0, 0.1) is 0 Å². The molecule has 0 aromatic carbocycles. The lowest BCUT2D eigenvalue weighted by molar-refractivity contribution is 0.186. The Bertz CT molecular complexity index is 449. The fourth-order valence-corrected chi connectivity index (χ4v) is 4.18. The van der Waals surface area contributed by atoms with E-state index >= 15 is 0 Å². The minimum Gasteiger partial charge on any atom is -0.335 e. The van der Waals surface area contributed by atoms with Gasteiger partial charge >= 0.3 is 6.03 Å². The zero-order valence-corrected chi connectivity index (χ0v) is 12.9. The molecule has 1 N–H and O–H groups in total. The van der Waals surface area contributed by atoms with Crippen LogP contribution in [0.4, 0.5) is 4.79 Å². The van der Waals surface area contributed by atoms with Gasteiger partial charge in [0.1, 0.15) is 0 Å². The topological polar surface area (TPSA) is 32.3 Å². The number of hydrogen-bond acceptors (Lipinski definition) is 2. The molecule has 2 amide bonds. The van der Waals surface area contributed by atoms with Crippen molar-refractivity contribution in [3.05, 3.63) is 21.9 Å². The summed E-state index contributed by atoms with van der Waals surface area (Å²) in [4.78, 5) is 15.9. The molecule has 3 nitrogen and oxygen atoms in total. The maximum Gasteiger partial charge on any atom is 0.317 e. The van der Waals surface area contributed by atoms with Gasteiger partial charge in [-0.1, -0.05) is 32.1 Å². The molecule has 0 spiro atoms. The number of carbonyl (C=O) groups excluding carboxylic acids is 1. The van der Waals surface area contributed by atoms with Gasteiger partial charge in [0, 0.05) is 24.0 Å². The molecule has 1 aliphatic heterocycles. The normalized spacial score (nSPS) is 20.9. The molecule has 1 saturated carbocycles. The number of thiophene rings is 1. The summed E-state index contributed by atoms with van der Waals surface area (Å²) in [7, 11) is 0. The van der Waals surface area contributed by atoms with Gasteiger partial charge in [-0.05, 0) is 36.3 Å². The molecule has 1 fully saturated rings. The highest BCUT2D eigenvalue weighted by Gasteiger charge is 2.23. The molecule has 3 rings (SSSR count). The van der Waals surface area contributed by atoms with Crippen LogP contribution in [-0.2, 0) is 13.0 Å². The molecule has 1 aromatic heterocycles. The van der Waals surface area contributed by atoms with Gasteiger partial charge in [-0.15, -0.1) is 11.3 Å². The maximum atomic E-state index is 12.4. The summed E-state index contributed by atoms with van der Waals surface area (Å²) in [6, 6.07) is 2.70. The number of hydrogen-bond donors (Lipinski definition) is 1. The van der Waals surface area contributed by atoms with Crippen LogP contribution in [0.15, 0.2) is 11.4 Å². The molecule has 0 radical (unpaired) electrons. The third-order valence-electron chi connectivity index (χ3n) is 4.53. The summed E-state index contributed by atoms with van der Waals surface area (Å²) in [5.74, 6) is 0. The Hall–Kier alpha value is -1.03. The first-order valence-electron chi connectivity index (χ1n) is 7.93. The van der Waals surface area contributed by atoms with Crippen molar-refractivity contribution < 1.29 is 4.79 Å². The molecule has 110 valence electrons. The SMILES string of the molecule is O=C(NC1CCCCCCC1)N1CCc2sccc2C1. The second kappa shape index (κ2) is 6.61. The zero-order chi connectivity index (χ0) is 13.8. The number of fused-ring (bicyclic) bond motifs is 1. The van der Waals surface area contributed by atoms with Gasteiger partial charge < -0.3 is 10.2 Å². The van der Waals surface area contributed by atoms with E-state index in [-0.39, 0.29) is 6.03 Å². The summed E-state index contributed by atoms with van der Waals surface area (Å²) in [6.45, 7) is 1.66. The van der Waals surface area contributed by atoms with E-state index in [4.69, 9.17) is 0 Å². The fraction of sp³-hybridized carbons (Fsp3) is 0.688. The van der Waals surface area contributed by atoms with Crippen molar-refractivity contribution in [1.29, 1.82) is 0 Å². The molecule has 2 heterocycles. The van der Waals surface area contributed by atoms with E-state index in [9.17, 15) is 4.79 Å². The predicted molar refractivity (Wildman–Crippen MR) is 83.1 cm³/mol. The number of amides is 2. The first kappa shape index (κ1) is 13.9. The summed E-state index contributed by atoms with van der Waals surface area (Å²) in [5.41, 5.74) is 1.34. The van der Waals surface area contributed by atoms with Gasteiger partial charge in [0.2, 0.25) is 0 Å². The minimum absolute atomic E-state index is 0.146. The van der Waals surface area contributed by atoms with Crippen LogP contribution in [0.1, 0.15) is 55.4 Å². The Kier molecular flexibility index (Phi) is 4.61. The first-order chi connectivity index (χ1) is 9.83. The first-order valence-corrected chi connectivity index (χ1v) is 8.81. The number of nitrogens with one attached hydrogen (secondary N) is 1. The number of nitrogens with zero attached hydrogens (tertiary/aromatic N) is 1. The molecule has 20 heavy (non-hydrogen) atoms. The minimum atomic E-state index is 0.146. The van der Waals surface area contributed by atoms with E-state index < -0.39 is 0 Å². The van der Waals surface area contributed by atoms with Crippen molar-refractivity contribution >= 4 is 17.4 Å². The molecule has 0 bridgehead atoms. The molecule has 0 atom stereocenters. The van der Waals surface area contributed by atoms with E-state index in [0.717, 1.165) is 32.4 Å². The second-order valence-electron chi connectivity index (χ2n) is 6.03. The third-order valence-corrected chi connectivity index (χ3v) is 5.55.